The standard InChI is InChI=1S/C2H4N2O2.Co.H2O/c5-3-1-2-4-6;;/h1-2,5-6H;;1H2. The van der Waals surface area contributed by atoms with Crippen molar-refractivity contribution in [3.05, 3.63) is 0 Å². The first-order valence-corrected chi connectivity index (χ1v) is 1.25. The first-order valence-electron chi connectivity index (χ1n) is 1.25. The number of rotatable bonds is 1. The topological polar surface area (TPSA) is 96.7 Å². The molecule has 8 heavy (non-hydrogen) atoms. The summed E-state index contributed by atoms with van der Waals surface area (Å²) in [5, 5.41) is 20.1. The van der Waals surface area contributed by atoms with Gasteiger partial charge in [-0.3, -0.25) is 0 Å². The monoisotopic (exact) mass is 165 g/mol. The molecule has 0 amide bonds. The van der Waals surface area contributed by atoms with Gasteiger partial charge >= 0.3 is 0 Å². The van der Waals surface area contributed by atoms with Gasteiger partial charge in [-0.1, -0.05) is 10.3 Å². The van der Waals surface area contributed by atoms with Gasteiger partial charge in [0.05, 0.1) is 12.4 Å². The van der Waals surface area contributed by atoms with E-state index in [0.717, 1.165) is 12.4 Å². The molecule has 0 saturated heterocycles. The molecule has 5 nitrogen and oxygen atoms in total. The molecule has 0 fully saturated rings. The molecule has 0 atom stereocenters. The van der Waals surface area contributed by atoms with E-state index >= 15 is 0 Å². The van der Waals surface area contributed by atoms with Crippen LogP contribution in [0.4, 0.5) is 0 Å². The molecule has 0 spiro atoms. The SMILES string of the molecule is O.ON=CC=NO.[Co]. The van der Waals surface area contributed by atoms with Gasteiger partial charge in [-0.25, -0.2) is 0 Å². The van der Waals surface area contributed by atoms with Gasteiger partial charge in [0.1, 0.15) is 0 Å². The summed E-state index contributed by atoms with van der Waals surface area (Å²) in [4.78, 5) is 0. The van der Waals surface area contributed by atoms with Crippen molar-refractivity contribution in [2.45, 2.75) is 0 Å². The molecule has 1 radical (unpaired) electrons. The Bertz CT molecular complexity index is 63.7. The van der Waals surface area contributed by atoms with E-state index in [4.69, 9.17) is 10.4 Å². The van der Waals surface area contributed by atoms with Crippen LogP contribution < -0.4 is 0 Å². The number of nitrogens with zero attached hydrogens (tertiary/aromatic N) is 2. The Hall–Kier alpha value is -0.594. The maximum absolute atomic E-state index is 7.56. The van der Waals surface area contributed by atoms with Crippen LogP contribution in [0.15, 0.2) is 10.3 Å². The summed E-state index contributed by atoms with van der Waals surface area (Å²) in [7, 11) is 0. The molecular weight excluding hydrogens is 159 g/mol. The van der Waals surface area contributed by atoms with E-state index in [9.17, 15) is 0 Å². The van der Waals surface area contributed by atoms with Crippen molar-refractivity contribution in [2.24, 2.45) is 10.3 Å². The van der Waals surface area contributed by atoms with Gasteiger partial charge in [0, 0.05) is 16.8 Å². The maximum Gasteiger partial charge on any atom is 0.0877 e. The van der Waals surface area contributed by atoms with Gasteiger partial charge in [-0.05, 0) is 0 Å². The zero-order valence-electron chi connectivity index (χ0n) is 3.78. The molecule has 51 valence electrons. The van der Waals surface area contributed by atoms with Gasteiger partial charge in [0.15, 0.2) is 0 Å². The van der Waals surface area contributed by atoms with Crippen molar-refractivity contribution in [3.8, 4) is 0 Å². The van der Waals surface area contributed by atoms with Gasteiger partial charge in [0.25, 0.3) is 0 Å². The number of hydrogen-bond acceptors (Lipinski definition) is 4. The molecule has 0 aliphatic carbocycles. The average molecular weight is 165 g/mol. The van der Waals surface area contributed by atoms with Crippen LogP contribution in [0.1, 0.15) is 0 Å². The van der Waals surface area contributed by atoms with E-state index in [0.29, 0.717) is 0 Å². The summed E-state index contributed by atoms with van der Waals surface area (Å²) < 4.78 is 0. The molecule has 0 aromatic heterocycles. The Labute approximate surface area is 56.2 Å². The Morgan fingerprint density at radius 3 is 1.38 bits per heavy atom. The first-order chi connectivity index (χ1) is 2.91. The largest absolute Gasteiger partial charge is 0.412 e. The maximum atomic E-state index is 7.56. The van der Waals surface area contributed by atoms with Gasteiger partial charge in [-0.15, -0.1) is 0 Å². The zero-order valence-corrected chi connectivity index (χ0v) is 4.82. The second-order valence-corrected chi connectivity index (χ2v) is 0.529. The summed E-state index contributed by atoms with van der Waals surface area (Å²) in [6.07, 6.45) is 1.89. The van der Waals surface area contributed by atoms with E-state index in [1.165, 1.54) is 0 Å². The van der Waals surface area contributed by atoms with Crippen LogP contribution in [0.5, 0.6) is 0 Å². The third-order valence-corrected chi connectivity index (χ3v) is 0.200. The summed E-state index contributed by atoms with van der Waals surface area (Å²) in [6, 6.07) is 0. The third kappa shape index (κ3) is 18.1. The zero-order chi connectivity index (χ0) is 4.83. The van der Waals surface area contributed by atoms with E-state index in [-0.39, 0.29) is 22.3 Å². The molecule has 0 bridgehead atoms. The Morgan fingerprint density at radius 2 is 1.25 bits per heavy atom. The number of oxime groups is 2. The summed E-state index contributed by atoms with van der Waals surface area (Å²) in [5.41, 5.74) is 0. The molecule has 6 heteroatoms. The molecule has 0 aliphatic heterocycles. The van der Waals surface area contributed by atoms with Crippen LogP contribution in [-0.4, -0.2) is 28.3 Å². The quantitative estimate of drug-likeness (QED) is 0.298. The third-order valence-electron chi connectivity index (χ3n) is 0.200. The van der Waals surface area contributed by atoms with Crippen molar-refractivity contribution >= 4 is 12.4 Å². The summed E-state index contributed by atoms with van der Waals surface area (Å²) >= 11 is 0. The minimum atomic E-state index is 0. The first kappa shape index (κ1) is 15.7. The van der Waals surface area contributed by atoms with Crippen LogP contribution >= 0.6 is 0 Å². The Balaban J connectivity index is -0.000000125. The van der Waals surface area contributed by atoms with Crippen LogP contribution in [0, 0.1) is 0 Å². The van der Waals surface area contributed by atoms with Gasteiger partial charge in [0.2, 0.25) is 0 Å². The molecule has 0 aromatic carbocycles. The van der Waals surface area contributed by atoms with E-state index in [1.807, 2.05) is 0 Å². The van der Waals surface area contributed by atoms with Crippen LogP contribution in [0.2, 0.25) is 0 Å². The minimum absolute atomic E-state index is 0. The van der Waals surface area contributed by atoms with E-state index in [1.54, 1.807) is 0 Å². The van der Waals surface area contributed by atoms with Crippen molar-refractivity contribution in [2.75, 3.05) is 0 Å². The fourth-order valence-electron chi connectivity index (χ4n) is 0.0596. The summed E-state index contributed by atoms with van der Waals surface area (Å²) in [5.74, 6) is 0. The van der Waals surface area contributed by atoms with E-state index < -0.39 is 0 Å². The molecule has 0 heterocycles. The normalized spacial score (nSPS) is 8.50. The molecule has 0 aromatic rings. The molecule has 0 saturated carbocycles. The molecule has 0 unspecified atom stereocenters. The van der Waals surface area contributed by atoms with Crippen molar-refractivity contribution in [3.63, 3.8) is 0 Å². The van der Waals surface area contributed by atoms with Gasteiger partial charge < -0.3 is 15.9 Å². The smallest absolute Gasteiger partial charge is 0.0877 e. The van der Waals surface area contributed by atoms with Crippen LogP contribution in [-0.2, 0) is 16.8 Å². The number of hydrogen-bond donors (Lipinski definition) is 2. The fraction of sp³-hybridized carbons (Fsp3) is 0. The second kappa shape index (κ2) is 16.1. The predicted octanol–water partition coefficient (Wildman–Crippen LogP) is -0.921. The molecule has 0 aliphatic rings. The Kier molecular flexibility index (Phi) is 31.6. The fourth-order valence-corrected chi connectivity index (χ4v) is 0.0596. The van der Waals surface area contributed by atoms with Gasteiger partial charge in [-0.2, -0.15) is 0 Å². The van der Waals surface area contributed by atoms with Crippen LogP contribution in [0.25, 0.3) is 0 Å². The van der Waals surface area contributed by atoms with Crippen molar-refractivity contribution in [1.29, 1.82) is 0 Å². The summed E-state index contributed by atoms with van der Waals surface area (Å²) in [6.45, 7) is 0. The van der Waals surface area contributed by atoms with E-state index in [2.05, 4.69) is 10.3 Å². The van der Waals surface area contributed by atoms with Crippen LogP contribution in [0.3, 0.4) is 0 Å². The molecular formula is C2H6CoN2O3. The van der Waals surface area contributed by atoms with Crippen molar-refractivity contribution in [1.82, 2.24) is 0 Å². The molecule has 0 rings (SSSR count). The average Bonchev–Trinajstić information content (AvgIpc) is 1.61. The Morgan fingerprint density at radius 1 is 1.00 bits per heavy atom. The minimum Gasteiger partial charge on any atom is -0.412 e. The van der Waals surface area contributed by atoms with Crippen molar-refractivity contribution < 1.29 is 32.7 Å². The predicted molar refractivity (Wildman–Crippen MR) is 24.2 cm³/mol. The molecule has 4 N–H and O–H groups in total. The second-order valence-electron chi connectivity index (χ2n) is 0.529.